The van der Waals surface area contributed by atoms with E-state index in [2.05, 4.69) is 5.32 Å². The minimum absolute atomic E-state index is 0.0909. The molecule has 16 heavy (non-hydrogen) atoms. The Bertz CT molecular complexity index is 349. The molecule has 1 unspecified atom stereocenters. The van der Waals surface area contributed by atoms with Gasteiger partial charge < -0.3 is 11.1 Å². The van der Waals surface area contributed by atoms with Crippen molar-refractivity contribution in [1.82, 2.24) is 5.32 Å². The molecule has 1 aromatic rings. The Balaban J connectivity index is 2.55. The van der Waals surface area contributed by atoms with Gasteiger partial charge in [0.15, 0.2) is 0 Å². The molecule has 1 aromatic carbocycles. The highest BCUT2D eigenvalue weighted by Gasteiger charge is 2.12. The van der Waals surface area contributed by atoms with E-state index in [1.807, 2.05) is 13.8 Å². The number of hydrogen-bond acceptors (Lipinski definition) is 2. The van der Waals surface area contributed by atoms with Gasteiger partial charge in [0.25, 0.3) is 0 Å². The molecule has 0 saturated heterocycles. The van der Waals surface area contributed by atoms with Crippen LogP contribution < -0.4 is 11.1 Å². The van der Waals surface area contributed by atoms with Crippen LogP contribution in [0, 0.1) is 5.82 Å². The number of amides is 1. The molecule has 1 amide bonds. The second kappa shape index (κ2) is 5.61. The maximum atomic E-state index is 12.7. The molecule has 4 heteroatoms. The third kappa shape index (κ3) is 3.98. The van der Waals surface area contributed by atoms with E-state index in [4.69, 9.17) is 5.73 Å². The second-order valence-electron chi connectivity index (χ2n) is 4.08. The number of hydrogen-bond donors (Lipinski definition) is 2. The van der Waals surface area contributed by atoms with Crippen molar-refractivity contribution in [2.75, 3.05) is 0 Å². The fourth-order valence-electron chi connectivity index (χ4n) is 1.41. The fourth-order valence-corrected chi connectivity index (χ4v) is 1.41. The van der Waals surface area contributed by atoms with E-state index in [0.29, 0.717) is 0 Å². The summed E-state index contributed by atoms with van der Waals surface area (Å²) in [6.45, 7) is 3.78. The highest BCUT2D eigenvalue weighted by atomic mass is 19.1. The number of rotatable bonds is 4. The molecular weight excluding hydrogens is 207 g/mol. The van der Waals surface area contributed by atoms with Gasteiger partial charge in [-0.3, -0.25) is 4.79 Å². The maximum absolute atomic E-state index is 12.7. The van der Waals surface area contributed by atoms with Crippen LogP contribution in [0.4, 0.5) is 4.39 Å². The van der Waals surface area contributed by atoms with E-state index in [1.165, 1.54) is 12.1 Å². The van der Waals surface area contributed by atoms with E-state index in [0.717, 1.165) is 5.56 Å². The first-order chi connectivity index (χ1) is 7.49. The number of halogens is 1. The van der Waals surface area contributed by atoms with Gasteiger partial charge in [0, 0.05) is 18.5 Å². The minimum atomic E-state index is -0.389. The van der Waals surface area contributed by atoms with Gasteiger partial charge in [-0.2, -0.15) is 0 Å². The third-order valence-electron chi connectivity index (χ3n) is 2.15. The minimum Gasteiger partial charge on any atom is -0.354 e. The van der Waals surface area contributed by atoms with Crippen molar-refractivity contribution in [2.45, 2.75) is 32.4 Å². The average Bonchev–Trinajstić information content (AvgIpc) is 2.16. The number of nitrogens with one attached hydrogen (secondary N) is 1. The lowest BCUT2D eigenvalue weighted by molar-refractivity contribution is -0.121. The molecule has 0 fully saturated rings. The zero-order valence-corrected chi connectivity index (χ0v) is 9.53. The molecule has 0 radical (unpaired) electrons. The van der Waals surface area contributed by atoms with E-state index in [-0.39, 0.29) is 30.2 Å². The normalized spacial score (nSPS) is 12.6. The van der Waals surface area contributed by atoms with Gasteiger partial charge in [-0.15, -0.1) is 0 Å². The molecule has 3 nitrogen and oxygen atoms in total. The Hall–Kier alpha value is -1.42. The lowest BCUT2D eigenvalue weighted by atomic mass is 10.0. The second-order valence-corrected chi connectivity index (χ2v) is 4.08. The van der Waals surface area contributed by atoms with Crippen LogP contribution in [0.25, 0.3) is 0 Å². The maximum Gasteiger partial charge on any atom is 0.222 e. The van der Waals surface area contributed by atoms with Crippen LogP contribution in [0.5, 0.6) is 0 Å². The first-order valence-corrected chi connectivity index (χ1v) is 5.29. The van der Waals surface area contributed by atoms with Crippen LogP contribution in [0.2, 0.25) is 0 Å². The van der Waals surface area contributed by atoms with Crippen LogP contribution in [0.3, 0.4) is 0 Å². The lowest BCUT2D eigenvalue weighted by Crippen LogP contribution is -2.32. The molecule has 1 rings (SSSR count). The number of carbonyl (C=O) groups excluding carboxylic acids is 1. The summed E-state index contributed by atoms with van der Waals surface area (Å²) >= 11 is 0. The molecule has 0 saturated carbocycles. The quantitative estimate of drug-likeness (QED) is 0.818. The zero-order valence-electron chi connectivity index (χ0n) is 9.53. The summed E-state index contributed by atoms with van der Waals surface area (Å²) < 4.78 is 12.7. The molecule has 0 aliphatic rings. The van der Waals surface area contributed by atoms with Gasteiger partial charge in [-0.05, 0) is 31.5 Å². The Morgan fingerprint density at radius 3 is 2.44 bits per heavy atom. The molecule has 0 aliphatic heterocycles. The molecule has 0 aromatic heterocycles. The van der Waals surface area contributed by atoms with Gasteiger partial charge in [-0.1, -0.05) is 12.1 Å². The Morgan fingerprint density at radius 2 is 1.94 bits per heavy atom. The van der Waals surface area contributed by atoms with Crippen molar-refractivity contribution in [3.05, 3.63) is 35.6 Å². The largest absolute Gasteiger partial charge is 0.354 e. The van der Waals surface area contributed by atoms with E-state index < -0.39 is 0 Å². The Kier molecular flexibility index (Phi) is 4.43. The van der Waals surface area contributed by atoms with E-state index in [9.17, 15) is 9.18 Å². The van der Waals surface area contributed by atoms with Gasteiger partial charge >= 0.3 is 0 Å². The van der Waals surface area contributed by atoms with Crippen molar-refractivity contribution in [2.24, 2.45) is 5.73 Å². The van der Waals surface area contributed by atoms with E-state index in [1.54, 1.807) is 12.1 Å². The van der Waals surface area contributed by atoms with Gasteiger partial charge in [-0.25, -0.2) is 4.39 Å². The molecule has 3 N–H and O–H groups in total. The molecule has 88 valence electrons. The van der Waals surface area contributed by atoms with Crippen molar-refractivity contribution in [3.63, 3.8) is 0 Å². The summed E-state index contributed by atoms with van der Waals surface area (Å²) in [4.78, 5) is 11.4. The Labute approximate surface area is 94.8 Å². The third-order valence-corrected chi connectivity index (χ3v) is 2.15. The van der Waals surface area contributed by atoms with Crippen molar-refractivity contribution in [3.8, 4) is 0 Å². The predicted molar refractivity (Wildman–Crippen MR) is 61.2 cm³/mol. The first-order valence-electron chi connectivity index (χ1n) is 5.29. The lowest BCUT2D eigenvalue weighted by Gasteiger charge is -2.13. The first kappa shape index (κ1) is 12.6. The average molecular weight is 224 g/mol. The highest BCUT2D eigenvalue weighted by Crippen LogP contribution is 2.14. The summed E-state index contributed by atoms with van der Waals surface area (Å²) in [5.41, 5.74) is 6.60. The predicted octanol–water partition coefficient (Wildman–Crippen LogP) is 1.74. The topological polar surface area (TPSA) is 55.1 Å². The van der Waals surface area contributed by atoms with Gasteiger partial charge in [0.1, 0.15) is 5.82 Å². The van der Waals surface area contributed by atoms with Crippen molar-refractivity contribution < 1.29 is 9.18 Å². The highest BCUT2D eigenvalue weighted by molar-refractivity contribution is 5.77. The summed E-state index contributed by atoms with van der Waals surface area (Å²) in [5, 5.41) is 2.76. The van der Waals surface area contributed by atoms with Gasteiger partial charge in [0.2, 0.25) is 5.91 Å². The monoisotopic (exact) mass is 224 g/mol. The standard InChI is InChI=1S/C12H17FN2O/c1-8(2)15-12(16)7-11(14)9-3-5-10(13)6-4-9/h3-6,8,11H,7,14H2,1-2H3,(H,15,16). The van der Waals surface area contributed by atoms with Crippen LogP contribution in [-0.2, 0) is 4.79 Å². The van der Waals surface area contributed by atoms with Crippen LogP contribution in [-0.4, -0.2) is 11.9 Å². The number of benzene rings is 1. The Morgan fingerprint density at radius 1 is 1.38 bits per heavy atom. The summed E-state index contributed by atoms with van der Waals surface area (Å²) in [6, 6.07) is 5.60. The molecular formula is C12H17FN2O. The molecule has 0 bridgehead atoms. The van der Waals surface area contributed by atoms with Crippen LogP contribution in [0.15, 0.2) is 24.3 Å². The zero-order chi connectivity index (χ0) is 12.1. The van der Waals surface area contributed by atoms with Crippen molar-refractivity contribution in [1.29, 1.82) is 0 Å². The molecule has 0 heterocycles. The molecule has 1 atom stereocenters. The molecule has 0 aliphatic carbocycles. The molecule has 0 spiro atoms. The van der Waals surface area contributed by atoms with Crippen LogP contribution in [0.1, 0.15) is 31.9 Å². The van der Waals surface area contributed by atoms with Crippen molar-refractivity contribution >= 4 is 5.91 Å². The SMILES string of the molecule is CC(C)NC(=O)CC(N)c1ccc(F)cc1. The smallest absolute Gasteiger partial charge is 0.222 e. The number of nitrogens with two attached hydrogens (primary N) is 1. The van der Waals surface area contributed by atoms with Crippen LogP contribution >= 0.6 is 0 Å². The summed E-state index contributed by atoms with van der Waals surface area (Å²) in [5.74, 6) is -0.394. The summed E-state index contributed by atoms with van der Waals surface area (Å²) in [6.07, 6.45) is 0.212. The number of carbonyl (C=O) groups is 1. The fraction of sp³-hybridized carbons (Fsp3) is 0.417. The van der Waals surface area contributed by atoms with E-state index >= 15 is 0 Å². The van der Waals surface area contributed by atoms with Gasteiger partial charge in [0.05, 0.1) is 0 Å². The summed E-state index contributed by atoms with van der Waals surface area (Å²) in [7, 11) is 0.